The molecule has 3 rings (SSSR count). The zero-order valence-electron chi connectivity index (χ0n) is 19.2. The Balaban J connectivity index is 1.87. The predicted molar refractivity (Wildman–Crippen MR) is 128 cm³/mol. The average molecular weight is 472 g/mol. The van der Waals surface area contributed by atoms with E-state index in [1.54, 1.807) is 24.3 Å². The van der Waals surface area contributed by atoms with Gasteiger partial charge in [0.2, 0.25) is 15.8 Å². The van der Waals surface area contributed by atoms with E-state index in [4.69, 9.17) is 10.2 Å². The standard InChI is InChI=1S/C24H29N3O5S/c1-15(2)13-27(14-16(3)4)33(30,31)18-11-9-17(10-12-18)24(29)26-21-19-7-5-6-8-20(19)32-22(21)23(25)28/h5-12,15-16H,13-14H2,1-4H3,(H2,25,28)(H,26,29). The Morgan fingerprint density at radius 3 is 2.09 bits per heavy atom. The highest BCUT2D eigenvalue weighted by molar-refractivity contribution is 7.89. The second kappa shape index (κ2) is 9.76. The van der Waals surface area contributed by atoms with E-state index in [9.17, 15) is 18.0 Å². The Morgan fingerprint density at radius 2 is 1.55 bits per heavy atom. The molecule has 0 unspecified atom stereocenters. The van der Waals surface area contributed by atoms with Gasteiger partial charge in [0, 0.05) is 24.0 Å². The van der Waals surface area contributed by atoms with Gasteiger partial charge < -0.3 is 15.5 Å². The van der Waals surface area contributed by atoms with Crippen LogP contribution in [0, 0.1) is 11.8 Å². The second-order valence-corrected chi connectivity index (χ2v) is 10.7. The van der Waals surface area contributed by atoms with Crippen molar-refractivity contribution in [3.05, 3.63) is 59.9 Å². The van der Waals surface area contributed by atoms with Gasteiger partial charge >= 0.3 is 0 Å². The zero-order valence-corrected chi connectivity index (χ0v) is 20.0. The molecule has 0 saturated carbocycles. The molecule has 0 saturated heterocycles. The molecule has 2 aromatic carbocycles. The van der Waals surface area contributed by atoms with E-state index in [2.05, 4.69) is 5.32 Å². The van der Waals surface area contributed by atoms with Crippen molar-refractivity contribution in [2.24, 2.45) is 17.6 Å². The molecule has 33 heavy (non-hydrogen) atoms. The molecular formula is C24H29N3O5S. The van der Waals surface area contributed by atoms with Crippen LogP contribution in [0.25, 0.3) is 11.0 Å². The first kappa shape index (κ1) is 24.5. The van der Waals surface area contributed by atoms with Crippen LogP contribution in [0.2, 0.25) is 0 Å². The highest BCUT2D eigenvalue weighted by Gasteiger charge is 2.26. The van der Waals surface area contributed by atoms with Gasteiger partial charge in [-0.15, -0.1) is 0 Å². The van der Waals surface area contributed by atoms with Gasteiger partial charge in [-0.25, -0.2) is 8.42 Å². The third-order valence-corrected chi connectivity index (χ3v) is 6.80. The van der Waals surface area contributed by atoms with Crippen LogP contribution in [0.4, 0.5) is 5.69 Å². The van der Waals surface area contributed by atoms with Crippen molar-refractivity contribution >= 4 is 38.5 Å². The molecule has 8 nitrogen and oxygen atoms in total. The van der Waals surface area contributed by atoms with Crippen molar-refractivity contribution in [2.45, 2.75) is 32.6 Å². The van der Waals surface area contributed by atoms with Gasteiger partial charge in [-0.3, -0.25) is 9.59 Å². The SMILES string of the molecule is CC(C)CN(CC(C)C)S(=O)(=O)c1ccc(C(=O)Nc2c(C(N)=O)oc3ccccc23)cc1. The number of nitrogens with two attached hydrogens (primary N) is 1. The molecule has 0 atom stereocenters. The summed E-state index contributed by atoms with van der Waals surface area (Å²) in [7, 11) is -3.70. The first-order chi connectivity index (χ1) is 15.5. The van der Waals surface area contributed by atoms with Gasteiger partial charge in [-0.2, -0.15) is 4.31 Å². The van der Waals surface area contributed by atoms with E-state index in [0.29, 0.717) is 24.1 Å². The summed E-state index contributed by atoms with van der Waals surface area (Å²) in [5.74, 6) is -1.13. The lowest BCUT2D eigenvalue weighted by atomic mass is 10.2. The number of primary amides is 1. The highest BCUT2D eigenvalue weighted by atomic mass is 32.2. The van der Waals surface area contributed by atoms with Crippen LogP contribution in [0.15, 0.2) is 57.8 Å². The van der Waals surface area contributed by atoms with E-state index in [1.807, 2.05) is 27.7 Å². The summed E-state index contributed by atoms with van der Waals surface area (Å²) < 4.78 is 33.3. The van der Waals surface area contributed by atoms with Gasteiger partial charge in [-0.05, 0) is 48.2 Å². The van der Waals surface area contributed by atoms with Crippen LogP contribution >= 0.6 is 0 Å². The molecular weight excluding hydrogens is 442 g/mol. The first-order valence-corrected chi connectivity index (χ1v) is 12.2. The Kier molecular flexibility index (Phi) is 7.24. The Morgan fingerprint density at radius 1 is 0.970 bits per heavy atom. The van der Waals surface area contributed by atoms with E-state index in [-0.39, 0.29) is 33.7 Å². The van der Waals surface area contributed by atoms with Gasteiger partial charge in [0.15, 0.2) is 0 Å². The lowest BCUT2D eigenvalue weighted by Crippen LogP contribution is -2.37. The number of nitrogens with zero attached hydrogens (tertiary/aromatic N) is 1. The van der Waals surface area contributed by atoms with Crippen molar-refractivity contribution in [3.8, 4) is 0 Å². The number of furan rings is 1. The summed E-state index contributed by atoms with van der Waals surface area (Å²) in [5, 5.41) is 3.21. The van der Waals surface area contributed by atoms with Gasteiger partial charge in [0.25, 0.3) is 11.8 Å². The Bertz CT molecular complexity index is 1250. The Hall–Kier alpha value is -3.17. The number of para-hydroxylation sites is 1. The summed E-state index contributed by atoms with van der Waals surface area (Å²) in [4.78, 5) is 24.8. The third kappa shape index (κ3) is 5.43. The minimum Gasteiger partial charge on any atom is -0.449 e. The molecule has 0 spiro atoms. The van der Waals surface area contributed by atoms with E-state index in [0.717, 1.165) is 0 Å². The maximum atomic E-state index is 13.2. The van der Waals surface area contributed by atoms with E-state index >= 15 is 0 Å². The largest absolute Gasteiger partial charge is 0.449 e. The fraction of sp³-hybridized carbons (Fsp3) is 0.333. The van der Waals surface area contributed by atoms with Crippen LogP contribution in [0.3, 0.4) is 0 Å². The molecule has 0 radical (unpaired) electrons. The maximum Gasteiger partial charge on any atom is 0.286 e. The van der Waals surface area contributed by atoms with E-state index < -0.39 is 21.8 Å². The molecule has 1 heterocycles. The van der Waals surface area contributed by atoms with Gasteiger partial charge in [0.1, 0.15) is 11.3 Å². The topological polar surface area (TPSA) is 123 Å². The minimum atomic E-state index is -3.70. The van der Waals surface area contributed by atoms with Crippen molar-refractivity contribution < 1.29 is 22.4 Å². The molecule has 0 aliphatic heterocycles. The average Bonchev–Trinajstić information content (AvgIpc) is 3.11. The second-order valence-electron chi connectivity index (χ2n) is 8.75. The summed E-state index contributed by atoms with van der Waals surface area (Å²) in [6, 6.07) is 12.6. The molecule has 9 heteroatoms. The van der Waals surface area contributed by atoms with Crippen LogP contribution < -0.4 is 11.1 Å². The molecule has 1 aromatic heterocycles. The molecule has 2 amide bonds. The van der Waals surface area contributed by atoms with Crippen LogP contribution in [-0.2, 0) is 10.0 Å². The minimum absolute atomic E-state index is 0.118. The molecule has 0 aliphatic carbocycles. The van der Waals surface area contributed by atoms with Gasteiger partial charge in [0.05, 0.1) is 4.90 Å². The smallest absolute Gasteiger partial charge is 0.286 e. The highest BCUT2D eigenvalue weighted by Crippen LogP contribution is 2.31. The fourth-order valence-electron chi connectivity index (χ4n) is 3.54. The summed E-state index contributed by atoms with van der Waals surface area (Å²) in [5.41, 5.74) is 6.23. The summed E-state index contributed by atoms with van der Waals surface area (Å²) in [6.45, 7) is 8.69. The van der Waals surface area contributed by atoms with E-state index in [1.165, 1.54) is 28.6 Å². The number of anilines is 1. The number of hydrogen-bond acceptors (Lipinski definition) is 5. The van der Waals surface area contributed by atoms with Crippen molar-refractivity contribution in [2.75, 3.05) is 18.4 Å². The first-order valence-electron chi connectivity index (χ1n) is 10.7. The summed E-state index contributed by atoms with van der Waals surface area (Å²) >= 11 is 0. The molecule has 3 N–H and O–H groups in total. The normalized spacial score (nSPS) is 12.1. The number of nitrogens with one attached hydrogen (secondary N) is 1. The Labute approximate surface area is 193 Å². The molecule has 3 aromatic rings. The molecule has 0 aliphatic rings. The summed E-state index contributed by atoms with van der Waals surface area (Å²) in [6.07, 6.45) is 0. The number of benzene rings is 2. The predicted octanol–water partition coefficient (Wildman–Crippen LogP) is 4.09. The molecule has 0 fully saturated rings. The number of sulfonamides is 1. The van der Waals surface area contributed by atoms with Crippen molar-refractivity contribution in [3.63, 3.8) is 0 Å². The number of amides is 2. The van der Waals surface area contributed by atoms with Crippen molar-refractivity contribution in [1.29, 1.82) is 0 Å². The third-order valence-electron chi connectivity index (χ3n) is 4.95. The number of hydrogen-bond donors (Lipinski definition) is 2. The molecule has 176 valence electrons. The quantitative estimate of drug-likeness (QED) is 0.487. The number of fused-ring (bicyclic) bond motifs is 1. The zero-order chi connectivity index (χ0) is 24.3. The number of rotatable bonds is 9. The van der Waals surface area contributed by atoms with Crippen LogP contribution in [-0.4, -0.2) is 37.6 Å². The monoisotopic (exact) mass is 471 g/mol. The number of carbonyl (C=O) groups excluding carboxylic acids is 2. The van der Waals surface area contributed by atoms with Crippen LogP contribution in [0.5, 0.6) is 0 Å². The lowest BCUT2D eigenvalue weighted by Gasteiger charge is -2.25. The maximum absolute atomic E-state index is 13.2. The lowest BCUT2D eigenvalue weighted by molar-refractivity contribution is 0.0977. The van der Waals surface area contributed by atoms with Crippen LogP contribution in [0.1, 0.15) is 48.6 Å². The van der Waals surface area contributed by atoms with Crippen molar-refractivity contribution in [1.82, 2.24) is 4.31 Å². The fourth-order valence-corrected chi connectivity index (χ4v) is 5.31. The number of carbonyl (C=O) groups is 2. The molecule has 0 bridgehead atoms. The van der Waals surface area contributed by atoms with Gasteiger partial charge in [-0.1, -0.05) is 39.8 Å².